The molecular formula is C8H7Cl2NO2. The van der Waals surface area contributed by atoms with E-state index in [9.17, 15) is 4.79 Å². The summed E-state index contributed by atoms with van der Waals surface area (Å²) in [5.74, 6) is -1.03. The molecule has 0 saturated heterocycles. The van der Waals surface area contributed by atoms with Crippen molar-refractivity contribution in [3.05, 3.63) is 34.9 Å². The van der Waals surface area contributed by atoms with E-state index in [0.29, 0.717) is 10.6 Å². The maximum Gasteiger partial charge on any atom is 0.326 e. The first-order chi connectivity index (χ1) is 6.15. The Morgan fingerprint density at radius 1 is 1.38 bits per heavy atom. The molecule has 0 saturated carbocycles. The Morgan fingerprint density at radius 2 is 1.92 bits per heavy atom. The van der Waals surface area contributed by atoms with Gasteiger partial charge in [0, 0.05) is 5.02 Å². The molecule has 5 heteroatoms. The van der Waals surface area contributed by atoms with Gasteiger partial charge in [0.15, 0.2) is 0 Å². The van der Waals surface area contributed by atoms with Gasteiger partial charge in [0.05, 0.1) is 0 Å². The third kappa shape index (κ3) is 2.59. The first-order valence-corrected chi connectivity index (χ1v) is 4.25. The van der Waals surface area contributed by atoms with E-state index < -0.39 is 12.0 Å². The smallest absolute Gasteiger partial charge is 0.326 e. The molecule has 0 aromatic heterocycles. The van der Waals surface area contributed by atoms with Crippen LogP contribution < -0.4 is 4.84 Å². The Kier molecular flexibility index (Phi) is 3.54. The molecule has 13 heavy (non-hydrogen) atoms. The molecule has 0 aliphatic rings. The second-order valence-electron chi connectivity index (χ2n) is 2.43. The van der Waals surface area contributed by atoms with Gasteiger partial charge in [0.2, 0.25) is 0 Å². The van der Waals surface area contributed by atoms with Crippen LogP contribution in [0.5, 0.6) is 0 Å². The van der Waals surface area contributed by atoms with Crippen molar-refractivity contribution in [1.82, 2.24) is 4.84 Å². The lowest BCUT2D eigenvalue weighted by Crippen LogP contribution is -2.21. The van der Waals surface area contributed by atoms with Crippen LogP contribution in [0, 0.1) is 0 Å². The summed E-state index contributed by atoms with van der Waals surface area (Å²) in [5, 5.41) is 9.27. The second kappa shape index (κ2) is 4.46. The second-order valence-corrected chi connectivity index (χ2v) is 3.09. The van der Waals surface area contributed by atoms with Crippen LogP contribution in [-0.2, 0) is 4.79 Å². The SMILES string of the molecule is O=C(O)C(NCl)c1ccc(Cl)cc1. The van der Waals surface area contributed by atoms with Gasteiger partial charge in [-0.25, -0.2) is 4.84 Å². The third-order valence-electron chi connectivity index (χ3n) is 1.56. The molecule has 0 aliphatic carbocycles. The van der Waals surface area contributed by atoms with E-state index in [4.69, 9.17) is 28.5 Å². The van der Waals surface area contributed by atoms with Gasteiger partial charge in [-0.05, 0) is 29.5 Å². The molecule has 1 rings (SSSR count). The summed E-state index contributed by atoms with van der Waals surface area (Å²) in [5.41, 5.74) is 0.562. The van der Waals surface area contributed by atoms with E-state index in [1.165, 1.54) is 0 Å². The minimum atomic E-state index is -1.03. The van der Waals surface area contributed by atoms with Crippen LogP contribution in [0.3, 0.4) is 0 Å². The molecule has 1 atom stereocenters. The fourth-order valence-corrected chi connectivity index (χ4v) is 1.25. The van der Waals surface area contributed by atoms with Gasteiger partial charge in [-0.2, -0.15) is 0 Å². The van der Waals surface area contributed by atoms with Crippen LogP contribution in [-0.4, -0.2) is 11.1 Å². The quantitative estimate of drug-likeness (QED) is 0.767. The van der Waals surface area contributed by atoms with E-state index in [1.807, 2.05) is 0 Å². The first-order valence-electron chi connectivity index (χ1n) is 3.49. The molecular weight excluding hydrogens is 213 g/mol. The highest BCUT2D eigenvalue weighted by Gasteiger charge is 2.17. The van der Waals surface area contributed by atoms with Crippen LogP contribution >= 0.6 is 23.4 Å². The molecule has 0 fully saturated rings. The van der Waals surface area contributed by atoms with Crippen molar-refractivity contribution in [3.63, 3.8) is 0 Å². The summed E-state index contributed by atoms with van der Waals surface area (Å²) in [6.07, 6.45) is 0. The van der Waals surface area contributed by atoms with Crippen molar-refractivity contribution in [3.8, 4) is 0 Å². The van der Waals surface area contributed by atoms with Crippen molar-refractivity contribution >= 4 is 29.3 Å². The number of carboxylic acid groups (broad SMARTS) is 1. The van der Waals surface area contributed by atoms with Gasteiger partial charge in [0.1, 0.15) is 6.04 Å². The topological polar surface area (TPSA) is 49.3 Å². The highest BCUT2D eigenvalue weighted by molar-refractivity contribution is 6.30. The minimum absolute atomic E-state index is 0.558. The van der Waals surface area contributed by atoms with Gasteiger partial charge in [-0.15, -0.1) is 0 Å². The number of hydrogen-bond acceptors (Lipinski definition) is 2. The summed E-state index contributed by atoms with van der Waals surface area (Å²) >= 11 is 10.9. The standard InChI is InChI=1S/C8H7Cl2NO2/c9-6-3-1-5(2-4-6)7(11-10)8(12)13/h1-4,7,11H,(H,12,13). The van der Waals surface area contributed by atoms with Crippen LogP contribution in [0.1, 0.15) is 11.6 Å². The van der Waals surface area contributed by atoms with Gasteiger partial charge < -0.3 is 5.11 Å². The molecule has 0 heterocycles. The molecule has 1 unspecified atom stereocenters. The molecule has 1 aromatic rings. The number of nitrogens with one attached hydrogen (secondary N) is 1. The Hall–Kier alpha value is -0.770. The van der Waals surface area contributed by atoms with E-state index in [1.54, 1.807) is 24.3 Å². The van der Waals surface area contributed by atoms with Crippen molar-refractivity contribution in [1.29, 1.82) is 0 Å². The maximum atomic E-state index is 10.6. The lowest BCUT2D eigenvalue weighted by molar-refractivity contribution is -0.139. The monoisotopic (exact) mass is 219 g/mol. The van der Waals surface area contributed by atoms with Crippen molar-refractivity contribution in [2.75, 3.05) is 0 Å². The molecule has 0 aliphatic heterocycles. The highest BCUT2D eigenvalue weighted by atomic mass is 35.5. The van der Waals surface area contributed by atoms with Crippen LogP contribution in [0.15, 0.2) is 24.3 Å². The van der Waals surface area contributed by atoms with Crippen molar-refractivity contribution in [2.24, 2.45) is 0 Å². The summed E-state index contributed by atoms with van der Waals surface area (Å²) in [4.78, 5) is 12.8. The van der Waals surface area contributed by atoms with Crippen molar-refractivity contribution in [2.45, 2.75) is 6.04 Å². The average Bonchev–Trinajstić information content (AvgIpc) is 2.09. The summed E-state index contributed by atoms with van der Waals surface area (Å²) in [6.45, 7) is 0. The van der Waals surface area contributed by atoms with E-state index >= 15 is 0 Å². The zero-order valence-corrected chi connectivity index (χ0v) is 8.01. The number of aliphatic carboxylic acids is 1. The predicted molar refractivity (Wildman–Crippen MR) is 50.8 cm³/mol. The third-order valence-corrected chi connectivity index (χ3v) is 2.03. The van der Waals surface area contributed by atoms with Crippen LogP contribution in [0.4, 0.5) is 0 Å². The zero-order valence-electron chi connectivity index (χ0n) is 6.50. The summed E-state index contributed by atoms with van der Waals surface area (Å²) in [7, 11) is 0. The number of carboxylic acids is 1. The fourth-order valence-electron chi connectivity index (χ4n) is 0.907. The van der Waals surface area contributed by atoms with Crippen LogP contribution in [0.2, 0.25) is 5.02 Å². The van der Waals surface area contributed by atoms with E-state index in [-0.39, 0.29) is 0 Å². The summed E-state index contributed by atoms with van der Waals surface area (Å²) < 4.78 is 0. The van der Waals surface area contributed by atoms with Gasteiger partial charge in [-0.3, -0.25) is 4.79 Å². The minimum Gasteiger partial charge on any atom is -0.480 e. The number of hydrogen-bond donors (Lipinski definition) is 2. The van der Waals surface area contributed by atoms with E-state index in [0.717, 1.165) is 0 Å². The zero-order chi connectivity index (χ0) is 9.84. The molecule has 70 valence electrons. The Labute approximate surface area is 85.4 Å². The Balaban J connectivity index is 2.92. The number of rotatable bonds is 3. The molecule has 0 bridgehead atoms. The Morgan fingerprint density at radius 3 is 2.31 bits per heavy atom. The maximum absolute atomic E-state index is 10.6. The lowest BCUT2D eigenvalue weighted by Gasteiger charge is -2.09. The molecule has 3 nitrogen and oxygen atoms in total. The molecule has 0 amide bonds. The highest BCUT2D eigenvalue weighted by Crippen LogP contribution is 2.17. The van der Waals surface area contributed by atoms with Crippen LogP contribution in [0.25, 0.3) is 0 Å². The largest absolute Gasteiger partial charge is 0.480 e. The van der Waals surface area contributed by atoms with Gasteiger partial charge in [-0.1, -0.05) is 23.7 Å². The molecule has 0 radical (unpaired) electrons. The normalized spacial score (nSPS) is 12.5. The number of halogens is 2. The molecule has 2 N–H and O–H groups in total. The first kappa shape index (κ1) is 10.3. The van der Waals surface area contributed by atoms with E-state index in [2.05, 4.69) is 4.84 Å². The summed E-state index contributed by atoms with van der Waals surface area (Å²) in [6, 6.07) is 5.54. The number of benzene rings is 1. The fraction of sp³-hybridized carbons (Fsp3) is 0.125. The Bertz CT molecular complexity index is 300. The molecule has 1 aromatic carbocycles. The van der Waals surface area contributed by atoms with Gasteiger partial charge >= 0.3 is 5.97 Å². The number of carbonyl (C=O) groups is 1. The lowest BCUT2D eigenvalue weighted by atomic mass is 10.1. The average molecular weight is 220 g/mol. The van der Waals surface area contributed by atoms with Crippen molar-refractivity contribution < 1.29 is 9.90 Å². The predicted octanol–water partition coefficient (Wildman–Crippen LogP) is 2.21. The van der Waals surface area contributed by atoms with Gasteiger partial charge in [0.25, 0.3) is 0 Å². The molecule has 0 spiro atoms.